The number of nitrogens with two attached hydrogens (primary N) is 1. The van der Waals surface area contributed by atoms with Crippen molar-refractivity contribution in [1.82, 2.24) is 0 Å². The van der Waals surface area contributed by atoms with Crippen molar-refractivity contribution in [3.63, 3.8) is 0 Å². The summed E-state index contributed by atoms with van der Waals surface area (Å²) >= 11 is 0. The first-order chi connectivity index (χ1) is 6.45. The third-order valence-corrected chi connectivity index (χ3v) is 3.29. The topological polar surface area (TPSA) is 26.0 Å². The highest BCUT2D eigenvalue weighted by Crippen LogP contribution is 2.36. The summed E-state index contributed by atoms with van der Waals surface area (Å²) in [6.45, 7) is 2.03. The molecular weight excluding hydrogens is 191 g/mol. The van der Waals surface area contributed by atoms with E-state index < -0.39 is 12.2 Å². The van der Waals surface area contributed by atoms with Crippen LogP contribution in [0.4, 0.5) is 13.2 Å². The van der Waals surface area contributed by atoms with Crippen LogP contribution in [0.2, 0.25) is 0 Å². The Morgan fingerprint density at radius 2 is 2.00 bits per heavy atom. The smallest absolute Gasteiger partial charge is 0.320 e. The van der Waals surface area contributed by atoms with Gasteiger partial charge in [-0.25, -0.2) is 0 Å². The van der Waals surface area contributed by atoms with Crippen molar-refractivity contribution in [2.24, 2.45) is 17.6 Å². The molecule has 0 aromatic heterocycles. The Balaban J connectivity index is 2.51. The van der Waals surface area contributed by atoms with Crippen molar-refractivity contribution in [3.05, 3.63) is 0 Å². The highest BCUT2D eigenvalue weighted by atomic mass is 19.4. The van der Waals surface area contributed by atoms with Crippen LogP contribution in [0, 0.1) is 11.8 Å². The van der Waals surface area contributed by atoms with Gasteiger partial charge in [0.25, 0.3) is 0 Å². The van der Waals surface area contributed by atoms with E-state index in [-0.39, 0.29) is 5.92 Å². The van der Waals surface area contributed by atoms with Gasteiger partial charge in [0, 0.05) is 0 Å². The molecule has 3 unspecified atom stereocenters. The van der Waals surface area contributed by atoms with Crippen LogP contribution in [-0.4, -0.2) is 12.2 Å². The lowest BCUT2D eigenvalue weighted by Gasteiger charge is -2.33. The molecule has 0 radical (unpaired) electrons. The Kier molecular flexibility index (Phi) is 3.81. The van der Waals surface area contributed by atoms with E-state index in [1.165, 1.54) is 0 Å². The molecule has 0 spiro atoms. The van der Waals surface area contributed by atoms with E-state index in [2.05, 4.69) is 0 Å². The lowest BCUT2D eigenvalue weighted by Crippen LogP contribution is -2.45. The minimum absolute atomic E-state index is 0.353. The zero-order valence-electron chi connectivity index (χ0n) is 8.48. The van der Waals surface area contributed by atoms with Gasteiger partial charge in [0.05, 0.1) is 0 Å². The van der Waals surface area contributed by atoms with Crippen LogP contribution < -0.4 is 5.73 Å². The lowest BCUT2D eigenvalue weighted by molar-refractivity contribution is -0.162. The SMILES string of the molecule is CCC1CCCC(C(N)C(F)(F)F)C1. The fourth-order valence-corrected chi connectivity index (χ4v) is 2.30. The molecule has 1 aliphatic carbocycles. The van der Waals surface area contributed by atoms with Crippen LogP contribution in [0.25, 0.3) is 0 Å². The molecule has 0 saturated heterocycles. The average Bonchev–Trinajstić information content (AvgIpc) is 2.15. The van der Waals surface area contributed by atoms with Crippen molar-refractivity contribution >= 4 is 0 Å². The molecule has 84 valence electrons. The van der Waals surface area contributed by atoms with Crippen LogP contribution in [0.1, 0.15) is 39.0 Å². The summed E-state index contributed by atoms with van der Waals surface area (Å²) in [5, 5.41) is 0. The van der Waals surface area contributed by atoms with Gasteiger partial charge in [-0.1, -0.05) is 26.2 Å². The van der Waals surface area contributed by atoms with Gasteiger partial charge in [0.2, 0.25) is 0 Å². The first-order valence-corrected chi connectivity index (χ1v) is 5.27. The number of rotatable bonds is 2. The van der Waals surface area contributed by atoms with E-state index in [4.69, 9.17) is 5.73 Å². The molecule has 2 N–H and O–H groups in total. The molecule has 3 atom stereocenters. The normalized spacial score (nSPS) is 31.5. The van der Waals surface area contributed by atoms with Gasteiger partial charge in [-0.05, 0) is 24.7 Å². The van der Waals surface area contributed by atoms with E-state index in [0.29, 0.717) is 18.8 Å². The Bertz CT molecular complexity index is 179. The van der Waals surface area contributed by atoms with Gasteiger partial charge in [-0.15, -0.1) is 0 Å². The second-order valence-electron chi connectivity index (χ2n) is 4.27. The predicted molar refractivity (Wildman–Crippen MR) is 49.8 cm³/mol. The highest BCUT2D eigenvalue weighted by Gasteiger charge is 2.42. The summed E-state index contributed by atoms with van der Waals surface area (Å²) < 4.78 is 37.0. The van der Waals surface area contributed by atoms with Crippen molar-refractivity contribution in [3.8, 4) is 0 Å². The van der Waals surface area contributed by atoms with E-state index in [0.717, 1.165) is 19.3 Å². The number of halogens is 3. The van der Waals surface area contributed by atoms with E-state index in [1.807, 2.05) is 6.92 Å². The van der Waals surface area contributed by atoms with Gasteiger partial charge in [-0.3, -0.25) is 0 Å². The van der Waals surface area contributed by atoms with Crippen LogP contribution in [0.5, 0.6) is 0 Å². The maximum Gasteiger partial charge on any atom is 0.403 e. The second kappa shape index (κ2) is 4.51. The number of hydrogen-bond acceptors (Lipinski definition) is 1. The second-order valence-corrected chi connectivity index (χ2v) is 4.27. The summed E-state index contributed by atoms with van der Waals surface area (Å²) in [4.78, 5) is 0. The summed E-state index contributed by atoms with van der Waals surface area (Å²) in [7, 11) is 0. The minimum Gasteiger partial charge on any atom is -0.320 e. The zero-order chi connectivity index (χ0) is 10.8. The molecule has 1 saturated carbocycles. The van der Waals surface area contributed by atoms with Crippen molar-refractivity contribution in [2.75, 3.05) is 0 Å². The van der Waals surface area contributed by atoms with Crippen molar-refractivity contribution < 1.29 is 13.2 Å². The predicted octanol–water partition coefficient (Wildman–Crippen LogP) is 3.09. The van der Waals surface area contributed by atoms with Crippen molar-refractivity contribution in [2.45, 2.75) is 51.2 Å². The number of alkyl halides is 3. The van der Waals surface area contributed by atoms with Gasteiger partial charge < -0.3 is 5.73 Å². The summed E-state index contributed by atoms with van der Waals surface area (Å²) in [5.41, 5.74) is 5.22. The lowest BCUT2D eigenvalue weighted by atomic mass is 9.77. The molecule has 1 rings (SSSR count). The molecule has 1 fully saturated rings. The van der Waals surface area contributed by atoms with Crippen LogP contribution in [-0.2, 0) is 0 Å². The van der Waals surface area contributed by atoms with Gasteiger partial charge in [0.15, 0.2) is 0 Å². The zero-order valence-corrected chi connectivity index (χ0v) is 8.48. The van der Waals surface area contributed by atoms with Crippen LogP contribution >= 0.6 is 0 Å². The Hall–Kier alpha value is -0.250. The Morgan fingerprint density at radius 3 is 2.50 bits per heavy atom. The third-order valence-electron chi connectivity index (χ3n) is 3.29. The van der Waals surface area contributed by atoms with Crippen molar-refractivity contribution in [1.29, 1.82) is 0 Å². The maximum atomic E-state index is 12.3. The van der Waals surface area contributed by atoms with Crippen LogP contribution in [0.15, 0.2) is 0 Å². The monoisotopic (exact) mass is 209 g/mol. The molecule has 0 amide bonds. The molecular formula is C10H18F3N. The Morgan fingerprint density at radius 1 is 1.36 bits per heavy atom. The molecule has 0 heterocycles. The Labute approximate surface area is 82.9 Å². The molecule has 0 aromatic carbocycles. The van der Waals surface area contributed by atoms with E-state index in [1.54, 1.807) is 0 Å². The maximum absolute atomic E-state index is 12.3. The van der Waals surface area contributed by atoms with Gasteiger partial charge >= 0.3 is 6.18 Å². The molecule has 1 nitrogen and oxygen atoms in total. The van der Waals surface area contributed by atoms with Gasteiger partial charge in [0.1, 0.15) is 6.04 Å². The first-order valence-electron chi connectivity index (χ1n) is 5.27. The largest absolute Gasteiger partial charge is 0.403 e. The fourth-order valence-electron chi connectivity index (χ4n) is 2.30. The molecule has 1 aliphatic rings. The molecule has 0 aromatic rings. The average molecular weight is 209 g/mol. The third kappa shape index (κ3) is 2.87. The van der Waals surface area contributed by atoms with Gasteiger partial charge in [-0.2, -0.15) is 13.2 Å². The molecule has 0 bridgehead atoms. The fraction of sp³-hybridized carbons (Fsp3) is 1.00. The molecule has 0 aliphatic heterocycles. The molecule has 14 heavy (non-hydrogen) atoms. The quantitative estimate of drug-likeness (QED) is 0.743. The summed E-state index contributed by atoms with van der Waals surface area (Å²) in [6, 6.07) is -1.61. The first kappa shape index (κ1) is 11.8. The standard InChI is InChI=1S/C10H18F3N/c1-2-7-4-3-5-8(6-7)9(14)10(11,12)13/h7-9H,2-6,14H2,1H3. The highest BCUT2D eigenvalue weighted by molar-refractivity contribution is 4.84. The van der Waals surface area contributed by atoms with E-state index >= 15 is 0 Å². The number of hydrogen-bond donors (Lipinski definition) is 1. The summed E-state index contributed by atoms with van der Waals surface area (Å²) in [6.07, 6.45) is 0.000257. The van der Waals surface area contributed by atoms with E-state index in [9.17, 15) is 13.2 Å². The minimum atomic E-state index is -4.22. The summed E-state index contributed by atoms with van der Waals surface area (Å²) in [5.74, 6) is 0.0934. The molecule has 4 heteroatoms. The van der Waals surface area contributed by atoms with Crippen LogP contribution in [0.3, 0.4) is 0 Å².